The van der Waals surface area contributed by atoms with Gasteiger partial charge in [-0.2, -0.15) is 4.31 Å². The van der Waals surface area contributed by atoms with Gasteiger partial charge in [-0.3, -0.25) is 9.59 Å². The molecule has 0 saturated carbocycles. The molecule has 2 atom stereocenters. The number of piperidine rings is 1. The Morgan fingerprint density at radius 1 is 1.12 bits per heavy atom. The van der Waals surface area contributed by atoms with Crippen LogP contribution in [-0.4, -0.2) is 43.7 Å². The first-order chi connectivity index (χ1) is 15.6. The number of amides is 2. The lowest BCUT2D eigenvalue weighted by Crippen LogP contribution is -2.44. The van der Waals surface area contributed by atoms with Gasteiger partial charge in [0.2, 0.25) is 15.9 Å². The maximum absolute atomic E-state index is 13.5. The lowest BCUT2D eigenvalue weighted by Gasteiger charge is -2.32. The quantitative estimate of drug-likeness (QED) is 0.711. The molecule has 2 N–H and O–H groups in total. The molecule has 0 aliphatic carbocycles. The van der Waals surface area contributed by atoms with E-state index in [2.05, 4.69) is 10.6 Å². The van der Waals surface area contributed by atoms with Crippen LogP contribution in [0.2, 0.25) is 0 Å². The van der Waals surface area contributed by atoms with Gasteiger partial charge in [0.05, 0.1) is 16.5 Å². The number of carbonyl (C=O) groups excluding carboxylic acids is 2. The minimum atomic E-state index is -3.85. The van der Waals surface area contributed by atoms with Crippen LogP contribution in [0.4, 0.5) is 11.4 Å². The van der Waals surface area contributed by atoms with Crippen molar-refractivity contribution in [3.63, 3.8) is 0 Å². The predicted octanol–water partition coefficient (Wildman–Crippen LogP) is 3.37. The summed E-state index contributed by atoms with van der Waals surface area (Å²) in [6.07, 6.45) is 0.514. The fourth-order valence-electron chi connectivity index (χ4n) is 4.20. The van der Waals surface area contributed by atoms with Crippen LogP contribution in [0.15, 0.2) is 35.2 Å². The summed E-state index contributed by atoms with van der Waals surface area (Å²) >= 11 is 0. The summed E-state index contributed by atoms with van der Waals surface area (Å²) in [6.45, 7) is 7.74. The van der Waals surface area contributed by atoms with E-state index in [1.165, 1.54) is 10.4 Å². The number of hydrogen-bond donors (Lipinski definition) is 2. The van der Waals surface area contributed by atoms with Crippen molar-refractivity contribution in [2.75, 3.05) is 23.7 Å². The molecule has 9 heteroatoms. The largest absolute Gasteiger partial charge is 0.479 e. The van der Waals surface area contributed by atoms with E-state index in [-0.39, 0.29) is 23.3 Å². The first-order valence-electron chi connectivity index (χ1n) is 11.1. The van der Waals surface area contributed by atoms with Crippen LogP contribution in [0.3, 0.4) is 0 Å². The summed E-state index contributed by atoms with van der Waals surface area (Å²) in [5.41, 5.74) is 3.90. The van der Waals surface area contributed by atoms with E-state index in [4.69, 9.17) is 4.74 Å². The maximum atomic E-state index is 13.5. The minimum Gasteiger partial charge on any atom is -0.479 e. The van der Waals surface area contributed by atoms with E-state index in [1.807, 2.05) is 32.0 Å². The van der Waals surface area contributed by atoms with Gasteiger partial charge in [-0.1, -0.05) is 6.07 Å². The molecule has 2 aliphatic heterocycles. The van der Waals surface area contributed by atoms with Crippen LogP contribution in [0.5, 0.6) is 5.75 Å². The van der Waals surface area contributed by atoms with Crippen LogP contribution >= 0.6 is 0 Å². The highest BCUT2D eigenvalue weighted by atomic mass is 32.2. The molecule has 1 saturated heterocycles. The summed E-state index contributed by atoms with van der Waals surface area (Å²) < 4.78 is 34.0. The second kappa shape index (κ2) is 8.79. The number of ether oxygens (including phenoxy) is 1. The number of sulfonamides is 1. The van der Waals surface area contributed by atoms with Crippen molar-refractivity contribution < 1.29 is 22.7 Å². The number of rotatable bonds is 4. The highest BCUT2D eigenvalue weighted by Crippen LogP contribution is 2.36. The summed E-state index contributed by atoms with van der Waals surface area (Å²) in [6, 6.07) is 8.80. The third-order valence-corrected chi connectivity index (χ3v) is 8.36. The van der Waals surface area contributed by atoms with Gasteiger partial charge in [0.15, 0.2) is 6.10 Å². The molecular formula is C24H29N3O5S. The molecule has 33 heavy (non-hydrogen) atoms. The Balaban J connectivity index is 1.54. The Morgan fingerprint density at radius 2 is 1.88 bits per heavy atom. The SMILES string of the molecule is Cc1ccc(NC(=O)[C@@H]2CCCN(S(=O)(=O)c3cc4c(cc3C)NC(=O)[C@H](C)O4)C2)cc1C. The number of benzene rings is 2. The van der Waals surface area contributed by atoms with Gasteiger partial charge in [0.1, 0.15) is 5.75 Å². The second-order valence-corrected chi connectivity index (χ2v) is 10.8. The molecule has 2 heterocycles. The van der Waals surface area contributed by atoms with Crippen LogP contribution in [0, 0.1) is 26.7 Å². The summed E-state index contributed by atoms with van der Waals surface area (Å²) in [7, 11) is -3.85. The van der Waals surface area contributed by atoms with Gasteiger partial charge in [0, 0.05) is 24.8 Å². The number of nitrogens with zero attached hydrogens (tertiary/aromatic N) is 1. The number of aryl methyl sites for hydroxylation is 3. The summed E-state index contributed by atoms with van der Waals surface area (Å²) in [5, 5.41) is 5.67. The number of fused-ring (bicyclic) bond motifs is 1. The van der Waals surface area contributed by atoms with Crippen molar-refractivity contribution in [3.05, 3.63) is 47.0 Å². The van der Waals surface area contributed by atoms with E-state index in [1.54, 1.807) is 19.9 Å². The van der Waals surface area contributed by atoms with E-state index in [0.29, 0.717) is 42.1 Å². The van der Waals surface area contributed by atoms with Crippen molar-refractivity contribution in [2.45, 2.75) is 51.5 Å². The standard InChI is InChI=1S/C24H29N3O5S/c1-14-7-8-19(10-15(14)2)25-24(29)18-6-5-9-27(13-18)33(30,31)22-12-21-20(11-16(22)3)26-23(28)17(4)32-21/h7-8,10-12,17-18H,5-6,9,13H2,1-4H3,(H,25,29)(H,26,28)/t17-,18+/m0/s1. The number of hydrogen-bond acceptors (Lipinski definition) is 5. The third-order valence-electron chi connectivity index (χ3n) is 6.36. The number of anilines is 2. The molecule has 0 radical (unpaired) electrons. The zero-order valence-electron chi connectivity index (χ0n) is 19.3. The fourth-order valence-corrected chi connectivity index (χ4v) is 5.94. The smallest absolute Gasteiger partial charge is 0.265 e. The molecule has 0 unspecified atom stereocenters. The monoisotopic (exact) mass is 471 g/mol. The van der Waals surface area contributed by atoms with E-state index < -0.39 is 22.0 Å². The Kier molecular flexibility index (Phi) is 6.20. The lowest BCUT2D eigenvalue weighted by molar-refractivity contribution is -0.123. The highest BCUT2D eigenvalue weighted by Gasteiger charge is 2.35. The number of nitrogens with one attached hydrogen (secondary N) is 2. The van der Waals surface area contributed by atoms with Crippen LogP contribution in [0.25, 0.3) is 0 Å². The molecule has 0 aromatic heterocycles. The van der Waals surface area contributed by atoms with E-state index in [0.717, 1.165) is 11.1 Å². The lowest BCUT2D eigenvalue weighted by atomic mass is 9.98. The van der Waals surface area contributed by atoms with Gasteiger partial charge in [-0.05, 0) is 75.4 Å². The van der Waals surface area contributed by atoms with Crippen molar-refractivity contribution in [2.24, 2.45) is 5.92 Å². The molecule has 4 rings (SSSR count). The number of carbonyl (C=O) groups is 2. The summed E-state index contributed by atoms with van der Waals surface area (Å²) in [4.78, 5) is 24.9. The molecule has 0 bridgehead atoms. The molecular weight excluding hydrogens is 442 g/mol. The normalized spacial score (nSPS) is 21.0. The molecule has 0 spiro atoms. The van der Waals surface area contributed by atoms with E-state index >= 15 is 0 Å². The highest BCUT2D eigenvalue weighted by molar-refractivity contribution is 7.89. The van der Waals surface area contributed by atoms with Crippen molar-refractivity contribution in [1.29, 1.82) is 0 Å². The third kappa shape index (κ3) is 4.60. The molecule has 2 aliphatic rings. The Hall–Kier alpha value is -2.91. The first-order valence-corrected chi connectivity index (χ1v) is 12.5. The molecule has 2 amide bonds. The van der Waals surface area contributed by atoms with Gasteiger partial charge in [-0.15, -0.1) is 0 Å². The average Bonchev–Trinajstić information content (AvgIpc) is 2.77. The van der Waals surface area contributed by atoms with Gasteiger partial charge < -0.3 is 15.4 Å². The second-order valence-electron chi connectivity index (χ2n) is 8.85. The molecule has 2 aromatic rings. The molecule has 176 valence electrons. The van der Waals surface area contributed by atoms with Crippen LogP contribution in [0.1, 0.15) is 36.5 Å². The van der Waals surface area contributed by atoms with Crippen LogP contribution < -0.4 is 15.4 Å². The van der Waals surface area contributed by atoms with Crippen molar-refractivity contribution in [3.8, 4) is 5.75 Å². The Bertz CT molecular complexity index is 1220. The Morgan fingerprint density at radius 3 is 2.61 bits per heavy atom. The zero-order valence-corrected chi connectivity index (χ0v) is 20.1. The zero-order chi connectivity index (χ0) is 23.9. The first kappa shape index (κ1) is 23.3. The van der Waals surface area contributed by atoms with Crippen molar-refractivity contribution in [1.82, 2.24) is 4.31 Å². The minimum absolute atomic E-state index is 0.115. The van der Waals surface area contributed by atoms with Crippen molar-refractivity contribution >= 4 is 33.2 Å². The predicted molar refractivity (Wildman–Crippen MR) is 126 cm³/mol. The summed E-state index contributed by atoms with van der Waals surface area (Å²) in [5.74, 6) is -0.567. The fraction of sp³-hybridized carbons (Fsp3) is 0.417. The molecule has 2 aromatic carbocycles. The topological polar surface area (TPSA) is 105 Å². The van der Waals surface area contributed by atoms with Gasteiger partial charge >= 0.3 is 0 Å². The van der Waals surface area contributed by atoms with Gasteiger partial charge in [0.25, 0.3) is 5.91 Å². The average molecular weight is 472 g/mol. The van der Waals surface area contributed by atoms with E-state index in [9.17, 15) is 18.0 Å². The Labute approximate surface area is 194 Å². The maximum Gasteiger partial charge on any atom is 0.265 e. The van der Waals surface area contributed by atoms with Crippen LogP contribution in [-0.2, 0) is 19.6 Å². The molecule has 1 fully saturated rings. The molecule has 8 nitrogen and oxygen atoms in total. The van der Waals surface area contributed by atoms with Gasteiger partial charge in [-0.25, -0.2) is 8.42 Å².